The molecule has 0 saturated carbocycles. The van der Waals surface area contributed by atoms with Gasteiger partial charge in [-0.1, -0.05) is 13.8 Å². The van der Waals surface area contributed by atoms with Gasteiger partial charge in [-0.2, -0.15) is 0 Å². The van der Waals surface area contributed by atoms with Crippen LogP contribution in [0.25, 0.3) is 0 Å². The molecule has 0 N–H and O–H groups in total. The van der Waals surface area contributed by atoms with Crippen molar-refractivity contribution in [3.63, 3.8) is 0 Å². The Bertz CT molecular complexity index is 723. The molecule has 140 valence electrons. The van der Waals surface area contributed by atoms with Crippen LogP contribution < -0.4 is 4.90 Å². The standard InChI is InChI=1S/C18H29N3O3S/c1-14(2)13-20(5)18(22)16-12-15(25(23,24)19(3)4)8-9-17(16)21-10-6-7-11-21/h8-9,12,14H,6-7,10-11,13H2,1-5H3. The molecule has 6 nitrogen and oxygen atoms in total. The Balaban J connectivity index is 2.49. The van der Waals surface area contributed by atoms with Crippen molar-refractivity contribution in [3.05, 3.63) is 23.8 Å². The number of hydrogen-bond acceptors (Lipinski definition) is 4. The molecule has 1 amide bonds. The average Bonchev–Trinajstić information content (AvgIpc) is 3.07. The van der Waals surface area contributed by atoms with Gasteiger partial charge in [0.05, 0.1) is 10.5 Å². The zero-order valence-electron chi connectivity index (χ0n) is 15.8. The highest BCUT2D eigenvalue weighted by molar-refractivity contribution is 7.89. The van der Waals surface area contributed by atoms with E-state index in [1.165, 1.54) is 24.5 Å². The maximum absolute atomic E-state index is 13.0. The number of benzene rings is 1. The third-order valence-electron chi connectivity index (χ3n) is 4.41. The molecular weight excluding hydrogens is 338 g/mol. The van der Waals surface area contributed by atoms with Crippen molar-refractivity contribution in [1.29, 1.82) is 0 Å². The normalized spacial score (nSPS) is 15.2. The van der Waals surface area contributed by atoms with Gasteiger partial charge in [-0.3, -0.25) is 4.79 Å². The molecule has 1 aliphatic heterocycles. The Morgan fingerprint density at radius 2 is 1.76 bits per heavy atom. The average molecular weight is 368 g/mol. The van der Waals surface area contributed by atoms with E-state index in [4.69, 9.17) is 0 Å². The molecule has 2 rings (SSSR count). The number of nitrogens with zero attached hydrogens (tertiary/aromatic N) is 3. The van der Waals surface area contributed by atoms with Crippen molar-refractivity contribution in [2.45, 2.75) is 31.6 Å². The van der Waals surface area contributed by atoms with Gasteiger partial charge in [0.25, 0.3) is 5.91 Å². The van der Waals surface area contributed by atoms with Gasteiger partial charge in [0, 0.05) is 46.5 Å². The first-order valence-corrected chi connectivity index (χ1v) is 10.2. The molecule has 7 heteroatoms. The number of carbonyl (C=O) groups is 1. The molecule has 0 unspecified atom stereocenters. The van der Waals surface area contributed by atoms with E-state index in [1.54, 1.807) is 24.1 Å². The number of amides is 1. The molecule has 1 heterocycles. The summed E-state index contributed by atoms with van der Waals surface area (Å²) in [7, 11) is 1.18. The Kier molecular flexibility index (Phi) is 6.11. The van der Waals surface area contributed by atoms with Crippen molar-refractivity contribution >= 4 is 21.6 Å². The highest BCUT2D eigenvalue weighted by atomic mass is 32.2. The Hall–Kier alpha value is -1.60. The molecule has 25 heavy (non-hydrogen) atoms. The Morgan fingerprint density at radius 1 is 1.16 bits per heavy atom. The van der Waals surface area contributed by atoms with Crippen LogP contribution in [0.15, 0.2) is 23.1 Å². The quantitative estimate of drug-likeness (QED) is 0.774. The summed E-state index contributed by atoms with van der Waals surface area (Å²) in [4.78, 5) is 17.0. The van der Waals surface area contributed by atoms with Gasteiger partial charge >= 0.3 is 0 Å². The predicted molar refractivity (Wildman–Crippen MR) is 101 cm³/mol. The van der Waals surface area contributed by atoms with E-state index in [0.29, 0.717) is 18.0 Å². The number of rotatable bonds is 6. The fourth-order valence-corrected chi connectivity index (χ4v) is 4.06. The molecular formula is C18H29N3O3S. The van der Waals surface area contributed by atoms with Crippen LogP contribution in [-0.2, 0) is 10.0 Å². The molecule has 0 radical (unpaired) electrons. The van der Waals surface area contributed by atoms with Gasteiger partial charge in [-0.15, -0.1) is 0 Å². The van der Waals surface area contributed by atoms with Gasteiger partial charge in [-0.05, 0) is 37.0 Å². The number of hydrogen-bond donors (Lipinski definition) is 0. The second-order valence-electron chi connectivity index (χ2n) is 7.24. The molecule has 1 fully saturated rings. The van der Waals surface area contributed by atoms with Crippen molar-refractivity contribution in [1.82, 2.24) is 9.21 Å². The largest absolute Gasteiger partial charge is 0.371 e. The van der Waals surface area contributed by atoms with Crippen LogP contribution in [0.1, 0.15) is 37.0 Å². The van der Waals surface area contributed by atoms with E-state index in [-0.39, 0.29) is 10.8 Å². The topological polar surface area (TPSA) is 60.9 Å². The SMILES string of the molecule is CC(C)CN(C)C(=O)c1cc(S(=O)(=O)N(C)C)ccc1N1CCCC1. The highest BCUT2D eigenvalue weighted by Gasteiger charge is 2.26. The molecule has 0 atom stereocenters. The minimum atomic E-state index is -3.58. The summed E-state index contributed by atoms with van der Waals surface area (Å²) in [6, 6.07) is 4.91. The zero-order valence-corrected chi connectivity index (χ0v) is 16.6. The Morgan fingerprint density at radius 3 is 2.28 bits per heavy atom. The van der Waals surface area contributed by atoms with E-state index in [9.17, 15) is 13.2 Å². The van der Waals surface area contributed by atoms with Crippen LogP contribution in [0.5, 0.6) is 0 Å². The van der Waals surface area contributed by atoms with E-state index in [0.717, 1.165) is 31.6 Å². The van der Waals surface area contributed by atoms with Crippen molar-refractivity contribution in [2.24, 2.45) is 5.92 Å². The van der Waals surface area contributed by atoms with Crippen LogP contribution in [0.3, 0.4) is 0 Å². The van der Waals surface area contributed by atoms with E-state index in [1.807, 2.05) is 0 Å². The maximum atomic E-state index is 13.0. The second-order valence-corrected chi connectivity index (χ2v) is 9.39. The van der Waals surface area contributed by atoms with E-state index < -0.39 is 10.0 Å². The highest BCUT2D eigenvalue weighted by Crippen LogP contribution is 2.29. The summed E-state index contributed by atoms with van der Waals surface area (Å²) >= 11 is 0. The number of carbonyl (C=O) groups excluding carboxylic acids is 1. The lowest BCUT2D eigenvalue weighted by atomic mass is 10.1. The lowest BCUT2D eigenvalue weighted by Crippen LogP contribution is -2.32. The summed E-state index contributed by atoms with van der Waals surface area (Å²) in [5.41, 5.74) is 1.30. The molecule has 0 bridgehead atoms. The molecule has 1 saturated heterocycles. The molecule has 1 aromatic carbocycles. The summed E-state index contributed by atoms with van der Waals surface area (Å²) in [6.45, 7) is 6.53. The van der Waals surface area contributed by atoms with Crippen molar-refractivity contribution < 1.29 is 13.2 Å². The lowest BCUT2D eigenvalue weighted by molar-refractivity contribution is 0.0779. The monoisotopic (exact) mass is 367 g/mol. The van der Waals surface area contributed by atoms with Crippen LogP contribution >= 0.6 is 0 Å². The van der Waals surface area contributed by atoms with Gasteiger partial charge in [0.15, 0.2) is 0 Å². The molecule has 0 aliphatic carbocycles. The van der Waals surface area contributed by atoms with Crippen LogP contribution in [0, 0.1) is 5.92 Å². The van der Waals surface area contributed by atoms with E-state index in [2.05, 4.69) is 18.7 Å². The van der Waals surface area contributed by atoms with E-state index >= 15 is 0 Å². The zero-order chi connectivity index (χ0) is 18.8. The van der Waals surface area contributed by atoms with Crippen LogP contribution in [0.2, 0.25) is 0 Å². The fourth-order valence-electron chi connectivity index (χ4n) is 3.13. The molecule has 0 spiro atoms. The third-order valence-corrected chi connectivity index (χ3v) is 6.22. The first-order chi connectivity index (χ1) is 11.6. The minimum Gasteiger partial charge on any atom is -0.371 e. The van der Waals surface area contributed by atoms with Crippen LogP contribution in [-0.4, -0.2) is 64.3 Å². The van der Waals surface area contributed by atoms with Crippen molar-refractivity contribution in [2.75, 3.05) is 45.7 Å². The lowest BCUT2D eigenvalue weighted by Gasteiger charge is -2.26. The summed E-state index contributed by atoms with van der Waals surface area (Å²) in [5, 5.41) is 0. The van der Waals surface area contributed by atoms with Gasteiger partial charge in [-0.25, -0.2) is 12.7 Å². The van der Waals surface area contributed by atoms with Crippen LogP contribution in [0.4, 0.5) is 5.69 Å². The molecule has 0 aromatic heterocycles. The number of anilines is 1. The molecule has 1 aromatic rings. The van der Waals surface area contributed by atoms with Gasteiger partial charge in [0.2, 0.25) is 10.0 Å². The third kappa shape index (κ3) is 4.33. The smallest absolute Gasteiger partial charge is 0.255 e. The van der Waals surface area contributed by atoms with Gasteiger partial charge in [0.1, 0.15) is 0 Å². The Labute approximate surface area is 151 Å². The fraction of sp³-hybridized carbons (Fsp3) is 0.611. The second kappa shape index (κ2) is 7.74. The first kappa shape index (κ1) is 19.7. The van der Waals surface area contributed by atoms with Crippen molar-refractivity contribution in [3.8, 4) is 0 Å². The predicted octanol–water partition coefficient (Wildman–Crippen LogP) is 2.27. The molecule has 1 aliphatic rings. The number of sulfonamides is 1. The van der Waals surface area contributed by atoms with Gasteiger partial charge < -0.3 is 9.80 Å². The maximum Gasteiger partial charge on any atom is 0.255 e. The summed E-state index contributed by atoms with van der Waals surface area (Å²) in [6.07, 6.45) is 2.18. The summed E-state index contributed by atoms with van der Waals surface area (Å²) < 4.78 is 26.1. The minimum absolute atomic E-state index is 0.133. The summed E-state index contributed by atoms with van der Waals surface area (Å²) in [5.74, 6) is 0.212. The first-order valence-electron chi connectivity index (χ1n) is 8.71.